The van der Waals surface area contributed by atoms with Gasteiger partial charge in [-0.05, 0) is 18.2 Å². The third kappa shape index (κ3) is 3.94. The molecule has 1 saturated heterocycles. The Bertz CT molecular complexity index is 578. The smallest absolute Gasteiger partial charge is 0.288 e. The highest BCUT2D eigenvalue weighted by Crippen LogP contribution is 2.20. The summed E-state index contributed by atoms with van der Waals surface area (Å²) in [5.74, 6) is -0.912. The highest BCUT2D eigenvalue weighted by atomic mass is 32.2. The van der Waals surface area contributed by atoms with Gasteiger partial charge in [0.15, 0.2) is 0 Å². The zero-order valence-corrected chi connectivity index (χ0v) is 11.9. The van der Waals surface area contributed by atoms with Gasteiger partial charge in [-0.25, -0.2) is 4.39 Å². The number of nitrogens with zero attached hydrogens (tertiary/aromatic N) is 1. The van der Waals surface area contributed by atoms with Crippen LogP contribution in [0.5, 0.6) is 0 Å². The summed E-state index contributed by atoms with van der Waals surface area (Å²) in [5, 5.41) is 2.02. The van der Waals surface area contributed by atoms with Gasteiger partial charge in [-0.2, -0.15) is 0 Å². The van der Waals surface area contributed by atoms with Crippen LogP contribution in [0.2, 0.25) is 0 Å². The fourth-order valence-electron chi connectivity index (χ4n) is 1.82. The average Bonchev–Trinajstić information content (AvgIpc) is 2.42. The number of carbonyl (C=O) groups excluding carboxylic acids is 3. The molecule has 21 heavy (non-hydrogen) atoms. The molecular formula is C13H14FN3O3S. The van der Waals surface area contributed by atoms with Crippen molar-refractivity contribution in [2.24, 2.45) is 0 Å². The monoisotopic (exact) mass is 311 g/mol. The first-order valence-corrected chi connectivity index (χ1v) is 7.28. The molecule has 1 heterocycles. The number of hydrogen-bond acceptors (Lipinski definition) is 5. The molecule has 0 atom stereocenters. The van der Waals surface area contributed by atoms with E-state index in [2.05, 4.69) is 5.32 Å². The van der Waals surface area contributed by atoms with Gasteiger partial charge in [0, 0.05) is 30.8 Å². The van der Waals surface area contributed by atoms with Crippen LogP contribution in [0, 0.1) is 5.82 Å². The van der Waals surface area contributed by atoms with Crippen LogP contribution in [0.25, 0.3) is 0 Å². The summed E-state index contributed by atoms with van der Waals surface area (Å²) in [6, 6.07) is 3.84. The molecule has 8 heteroatoms. The molecule has 0 radical (unpaired) electrons. The normalized spacial score (nSPS) is 15.2. The van der Waals surface area contributed by atoms with E-state index in [4.69, 9.17) is 5.73 Å². The van der Waals surface area contributed by atoms with Crippen molar-refractivity contribution in [2.75, 3.05) is 23.3 Å². The number of thioether (sulfide) groups is 1. The molecule has 0 aliphatic carbocycles. The number of benzene rings is 1. The third-order valence-electron chi connectivity index (χ3n) is 2.89. The van der Waals surface area contributed by atoms with Crippen LogP contribution in [0.15, 0.2) is 18.2 Å². The van der Waals surface area contributed by atoms with Gasteiger partial charge in [0.05, 0.1) is 5.69 Å². The van der Waals surface area contributed by atoms with Crippen molar-refractivity contribution in [1.29, 1.82) is 0 Å². The largest absolute Gasteiger partial charge is 0.399 e. The predicted molar refractivity (Wildman–Crippen MR) is 78.2 cm³/mol. The molecule has 0 unspecified atom stereocenters. The summed E-state index contributed by atoms with van der Waals surface area (Å²) in [4.78, 5) is 35.9. The number of halogens is 1. The molecule has 1 fully saturated rings. The van der Waals surface area contributed by atoms with E-state index >= 15 is 0 Å². The topological polar surface area (TPSA) is 92.5 Å². The number of nitrogens with one attached hydrogen (secondary N) is 1. The Labute approximate surface area is 124 Å². The summed E-state index contributed by atoms with van der Waals surface area (Å²) >= 11 is 1.05. The molecule has 3 amide bonds. The zero-order chi connectivity index (χ0) is 15.4. The lowest BCUT2D eigenvalue weighted by molar-refractivity contribution is -0.128. The van der Waals surface area contributed by atoms with Crippen molar-refractivity contribution in [3.05, 3.63) is 24.0 Å². The fourth-order valence-corrected chi connectivity index (χ4v) is 2.62. The number of rotatable bonds is 4. The van der Waals surface area contributed by atoms with Crippen molar-refractivity contribution < 1.29 is 18.8 Å². The first kappa shape index (κ1) is 15.3. The van der Waals surface area contributed by atoms with E-state index in [9.17, 15) is 18.8 Å². The van der Waals surface area contributed by atoms with Crippen molar-refractivity contribution >= 4 is 40.2 Å². The quantitative estimate of drug-likeness (QED) is 0.827. The SMILES string of the molecule is Nc1ccc(F)c(NC(=O)CCN2C(=O)CCSC2=O)c1. The molecule has 1 aromatic carbocycles. The highest BCUT2D eigenvalue weighted by Gasteiger charge is 2.26. The van der Waals surface area contributed by atoms with Gasteiger partial charge < -0.3 is 11.1 Å². The average molecular weight is 311 g/mol. The van der Waals surface area contributed by atoms with Crippen LogP contribution in [0.4, 0.5) is 20.6 Å². The summed E-state index contributed by atoms with van der Waals surface area (Å²) in [6.45, 7) is -0.0135. The van der Waals surface area contributed by atoms with Gasteiger partial charge >= 0.3 is 0 Å². The maximum absolute atomic E-state index is 13.5. The number of nitrogens with two attached hydrogens (primary N) is 1. The Morgan fingerprint density at radius 3 is 2.90 bits per heavy atom. The minimum absolute atomic E-state index is 0.0135. The number of anilines is 2. The van der Waals surface area contributed by atoms with Crippen LogP contribution >= 0.6 is 11.8 Å². The van der Waals surface area contributed by atoms with E-state index in [1.807, 2.05) is 0 Å². The van der Waals surface area contributed by atoms with Crippen LogP contribution < -0.4 is 11.1 Å². The lowest BCUT2D eigenvalue weighted by Gasteiger charge is -2.23. The summed E-state index contributed by atoms with van der Waals surface area (Å²) in [7, 11) is 0. The summed E-state index contributed by atoms with van der Waals surface area (Å²) < 4.78 is 13.5. The molecule has 1 aliphatic heterocycles. The molecule has 1 aromatic rings. The molecular weight excluding hydrogens is 297 g/mol. The van der Waals surface area contributed by atoms with Gasteiger partial charge in [-0.3, -0.25) is 19.3 Å². The Balaban J connectivity index is 1.91. The molecule has 0 saturated carbocycles. The van der Waals surface area contributed by atoms with E-state index < -0.39 is 11.7 Å². The molecule has 6 nitrogen and oxygen atoms in total. The van der Waals surface area contributed by atoms with E-state index in [1.54, 1.807) is 0 Å². The highest BCUT2D eigenvalue weighted by molar-refractivity contribution is 8.13. The van der Waals surface area contributed by atoms with Gasteiger partial charge in [0.2, 0.25) is 11.8 Å². The van der Waals surface area contributed by atoms with Crippen LogP contribution in [0.3, 0.4) is 0 Å². The lowest BCUT2D eigenvalue weighted by atomic mass is 10.2. The first-order chi connectivity index (χ1) is 9.97. The number of imide groups is 1. The second-order valence-electron chi connectivity index (χ2n) is 4.45. The third-order valence-corrected chi connectivity index (χ3v) is 3.77. The summed E-state index contributed by atoms with van der Waals surface area (Å²) in [6.07, 6.45) is 0.189. The molecule has 0 spiro atoms. The number of nitrogen functional groups attached to an aromatic ring is 1. The van der Waals surface area contributed by atoms with Gasteiger partial charge in [0.25, 0.3) is 5.24 Å². The van der Waals surface area contributed by atoms with Crippen molar-refractivity contribution in [1.82, 2.24) is 4.90 Å². The number of amides is 3. The Morgan fingerprint density at radius 1 is 1.43 bits per heavy atom. The van der Waals surface area contributed by atoms with Crippen LogP contribution in [-0.2, 0) is 9.59 Å². The Hall–Kier alpha value is -2.09. The summed E-state index contributed by atoms with van der Waals surface area (Å²) in [5.41, 5.74) is 5.81. The lowest BCUT2D eigenvalue weighted by Crippen LogP contribution is -2.39. The maximum Gasteiger partial charge on any atom is 0.288 e. The predicted octanol–water partition coefficient (Wildman–Crippen LogP) is 1.82. The molecule has 1 aliphatic rings. The van der Waals surface area contributed by atoms with Gasteiger partial charge in [-0.15, -0.1) is 0 Å². The molecule has 112 valence electrons. The van der Waals surface area contributed by atoms with Crippen molar-refractivity contribution in [2.45, 2.75) is 12.8 Å². The molecule has 2 rings (SSSR count). The molecule has 0 aromatic heterocycles. The van der Waals surface area contributed by atoms with Crippen molar-refractivity contribution in [3.8, 4) is 0 Å². The molecule has 3 N–H and O–H groups in total. The minimum Gasteiger partial charge on any atom is -0.399 e. The molecule has 0 bridgehead atoms. The van der Waals surface area contributed by atoms with E-state index in [1.165, 1.54) is 12.1 Å². The fraction of sp³-hybridized carbons (Fsp3) is 0.308. The minimum atomic E-state index is -0.599. The van der Waals surface area contributed by atoms with E-state index in [0.717, 1.165) is 22.7 Å². The standard InChI is InChI=1S/C13H14FN3O3S/c14-9-2-1-8(15)7-10(9)16-11(18)3-5-17-12(19)4-6-21-13(17)20/h1-2,7H,3-6,15H2,(H,16,18). The van der Waals surface area contributed by atoms with Crippen molar-refractivity contribution in [3.63, 3.8) is 0 Å². The van der Waals surface area contributed by atoms with Gasteiger partial charge in [0.1, 0.15) is 5.82 Å². The van der Waals surface area contributed by atoms with Gasteiger partial charge in [-0.1, -0.05) is 11.8 Å². The van der Waals surface area contributed by atoms with Crippen LogP contribution in [-0.4, -0.2) is 34.3 Å². The maximum atomic E-state index is 13.5. The number of hydrogen-bond donors (Lipinski definition) is 2. The zero-order valence-electron chi connectivity index (χ0n) is 11.1. The number of carbonyl (C=O) groups is 3. The second-order valence-corrected chi connectivity index (χ2v) is 5.49. The van der Waals surface area contributed by atoms with E-state index in [-0.39, 0.29) is 36.2 Å². The second kappa shape index (κ2) is 6.57. The Morgan fingerprint density at radius 2 is 2.19 bits per heavy atom. The first-order valence-electron chi connectivity index (χ1n) is 6.29. The van der Waals surface area contributed by atoms with E-state index in [0.29, 0.717) is 11.4 Å². The van der Waals surface area contributed by atoms with Crippen LogP contribution in [0.1, 0.15) is 12.8 Å². The Kier molecular flexibility index (Phi) is 4.79.